The number of nitrogens with zero attached hydrogens (tertiary/aromatic N) is 3. The van der Waals surface area contributed by atoms with Crippen molar-refractivity contribution in [1.82, 2.24) is 10.2 Å². The maximum Gasteiger partial charge on any atom is 0.386 e. The largest absolute Gasteiger partial charge is 0.386 e. The molecule has 1 aromatic heterocycles. The van der Waals surface area contributed by atoms with E-state index in [1.807, 2.05) is 24.3 Å². The Morgan fingerprint density at radius 3 is 2.81 bits per heavy atom. The molecule has 1 heterocycles. The molecule has 0 bridgehead atoms. The molecule has 82 valence electrons. The SMILES string of the molecule is N[n+]1cn[nH]c1NN=Cc1ccc(I)cc1. The third-order valence-electron chi connectivity index (χ3n) is 1.86. The first-order chi connectivity index (χ1) is 7.75. The minimum absolute atomic E-state index is 0.516. The summed E-state index contributed by atoms with van der Waals surface area (Å²) in [5, 5.41) is 10.4. The molecule has 0 amide bonds. The van der Waals surface area contributed by atoms with Crippen LogP contribution in [0.15, 0.2) is 35.7 Å². The van der Waals surface area contributed by atoms with Crippen LogP contribution < -0.4 is 15.9 Å². The fourth-order valence-corrected chi connectivity index (χ4v) is 1.43. The van der Waals surface area contributed by atoms with Crippen molar-refractivity contribution >= 4 is 34.8 Å². The van der Waals surface area contributed by atoms with Crippen molar-refractivity contribution in [3.05, 3.63) is 39.7 Å². The van der Waals surface area contributed by atoms with Crippen molar-refractivity contribution in [2.24, 2.45) is 5.10 Å². The molecule has 0 atom stereocenters. The van der Waals surface area contributed by atoms with Crippen LogP contribution in [-0.4, -0.2) is 16.4 Å². The predicted octanol–water partition coefficient (Wildman–Crippen LogP) is 0.462. The third kappa shape index (κ3) is 2.69. The van der Waals surface area contributed by atoms with Gasteiger partial charge in [0.1, 0.15) is 0 Å². The van der Waals surface area contributed by atoms with Crippen LogP contribution in [0.5, 0.6) is 0 Å². The molecule has 0 spiro atoms. The molecule has 1 aromatic carbocycles. The average molecular weight is 329 g/mol. The van der Waals surface area contributed by atoms with Gasteiger partial charge in [-0.3, -0.25) is 5.84 Å². The fourth-order valence-electron chi connectivity index (χ4n) is 1.07. The summed E-state index contributed by atoms with van der Waals surface area (Å²) in [6, 6.07) is 8.00. The first-order valence-electron chi connectivity index (χ1n) is 4.50. The van der Waals surface area contributed by atoms with E-state index in [9.17, 15) is 0 Å². The molecule has 0 aliphatic carbocycles. The lowest BCUT2D eigenvalue weighted by Crippen LogP contribution is -2.44. The molecule has 16 heavy (non-hydrogen) atoms. The molecule has 0 aliphatic rings. The highest BCUT2D eigenvalue weighted by atomic mass is 127. The Morgan fingerprint density at radius 2 is 2.19 bits per heavy atom. The Bertz CT molecular complexity index is 489. The summed E-state index contributed by atoms with van der Waals surface area (Å²) < 4.78 is 2.50. The summed E-state index contributed by atoms with van der Waals surface area (Å²) in [7, 11) is 0. The highest BCUT2D eigenvalue weighted by molar-refractivity contribution is 14.1. The molecule has 6 nitrogen and oxygen atoms in total. The second-order valence-corrected chi connectivity index (χ2v) is 4.28. The zero-order valence-electron chi connectivity index (χ0n) is 8.26. The van der Waals surface area contributed by atoms with Crippen LogP contribution in [0.1, 0.15) is 5.56 Å². The smallest absolute Gasteiger partial charge is 0.299 e. The zero-order chi connectivity index (χ0) is 11.4. The molecular formula is C9H10IN6+. The number of hydrogen-bond acceptors (Lipinski definition) is 4. The Balaban J connectivity index is 2.00. The van der Waals surface area contributed by atoms with Crippen molar-refractivity contribution < 1.29 is 4.68 Å². The maximum atomic E-state index is 5.53. The van der Waals surface area contributed by atoms with Gasteiger partial charge in [0.2, 0.25) is 0 Å². The molecule has 4 N–H and O–H groups in total. The van der Waals surface area contributed by atoms with Crippen molar-refractivity contribution in [3.63, 3.8) is 0 Å². The van der Waals surface area contributed by atoms with E-state index in [0.29, 0.717) is 5.95 Å². The molecule has 7 heteroatoms. The summed E-state index contributed by atoms with van der Waals surface area (Å²) in [4.78, 5) is 0. The normalized spacial score (nSPS) is 10.8. The Hall–Kier alpha value is -1.64. The van der Waals surface area contributed by atoms with E-state index >= 15 is 0 Å². The molecule has 0 aliphatic heterocycles. The molecule has 0 radical (unpaired) electrons. The summed E-state index contributed by atoms with van der Waals surface area (Å²) >= 11 is 2.25. The highest BCUT2D eigenvalue weighted by Gasteiger charge is 2.04. The lowest BCUT2D eigenvalue weighted by Gasteiger charge is -1.93. The van der Waals surface area contributed by atoms with Gasteiger partial charge < -0.3 is 0 Å². The van der Waals surface area contributed by atoms with Crippen LogP contribution in [0, 0.1) is 3.57 Å². The lowest BCUT2D eigenvalue weighted by atomic mass is 10.2. The Kier molecular flexibility index (Phi) is 3.34. The van der Waals surface area contributed by atoms with E-state index in [-0.39, 0.29) is 0 Å². The van der Waals surface area contributed by atoms with Gasteiger partial charge in [0.15, 0.2) is 0 Å². The Morgan fingerprint density at radius 1 is 1.44 bits per heavy atom. The molecule has 0 saturated carbocycles. The first kappa shape index (κ1) is 10.9. The van der Waals surface area contributed by atoms with E-state index in [4.69, 9.17) is 5.84 Å². The summed E-state index contributed by atoms with van der Waals surface area (Å²) in [6.45, 7) is 0. The van der Waals surface area contributed by atoms with Crippen LogP contribution >= 0.6 is 22.6 Å². The number of rotatable bonds is 3. The molecular weight excluding hydrogens is 319 g/mol. The van der Waals surface area contributed by atoms with E-state index in [1.165, 1.54) is 14.6 Å². The lowest BCUT2D eigenvalue weighted by molar-refractivity contribution is -0.624. The fraction of sp³-hybridized carbons (Fsp3) is 0. The van der Waals surface area contributed by atoms with E-state index < -0.39 is 0 Å². The van der Waals surface area contributed by atoms with Crippen molar-refractivity contribution in [2.75, 3.05) is 11.3 Å². The molecule has 0 unspecified atom stereocenters. The molecule has 0 saturated heterocycles. The van der Waals surface area contributed by atoms with Crippen LogP contribution in [0.25, 0.3) is 0 Å². The molecule has 0 fully saturated rings. The number of aromatic amines is 1. The number of hydrazone groups is 1. The number of H-pyrrole nitrogens is 1. The number of aromatic nitrogens is 3. The number of hydrogen-bond donors (Lipinski definition) is 3. The van der Waals surface area contributed by atoms with Crippen molar-refractivity contribution in [1.29, 1.82) is 0 Å². The number of nitrogens with two attached hydrogens (primary N) is 1. The maximum absolute atomic E-state index is 5.53. The number of nitrogen functional groups attached to an aromatic ring is 1. The van der Waals surface area contributed by atoms with Crippen molar-refractivity contribution in [3.8, 4) is 0 Å². The van der Waals surface area contributed by atoms with Crippen LogP contribution in [-0.2, 0) is 0 Å². The van der Waals surface area contributed by atoms with Gasteiger partial charge >= 0.3 is 5.95 Å². The van der Waals surface area contributed by atoms with E-state index in [1.54, 1.807) is 6.21 Å². The number of benzene rings is 1. The number of anilines is 1. The van der Waals surface area contributed by atoms with Gasteiger partial charge in [-0.15, -0.1) is 14.9 Å². The van der Waals surface area contributed by atoms with Gasteiger partial charge in [0.25, 0.3) is 6.33 Å². The standard InChI is InChI=1S/C9H9IN6/c10-8-3-1-7(2-4-8)5-12-14-9-15-13-6-16(9)11/h1-6H,11H2,(H,14,15)/p+1. The van der Waals surface area contributed by atoms with Gasteiger partial charge in [0.05, 0.1) is 6.21 Å². The second kappa shape index (κ2) is 4.92. The molecule has 2 rings (SSSR count). The Labute approximate surface area is 106 Å². The van der Waals surface area contributed by atoms with Crippen LogP contribution in [0.2, 0.25) is 0 Å². The van der Waals surface area contributed by atoms with Gasteiger partial charge in [0, 0.05) is 3.57 Å². The number of nitrogens with one attached hydrogen (secondary N) is 2. The second-order valence-electron chi connectivity index (χ2n) is 3.03. The molecule has 2 aromatic rings. The summed E-state index contributed by atoms with van der Waals surface area (Å²) in [5.41, 5.74) is 3.75. The van der Waals surface area contributed by atoms with Crippen molar-refractivity contribution in [2.45, 2.75) is 0 Å². The van der Waals surface area contributed by atoms with Crippen LogP contribution in [0.3, 0.4) is 0 Å². The monoisotopic (exact) mass is 329 g/mol. The zero-order valence-corrected chi connectivity index (χ0v) is 10.4. The third-order valence-corrected chi connectivity index (χ3v) is 2.58. The average Bonchev–Trinajstić information content (AvgIpc) is 2.68. The topological polar surface area (TPSA) is 83.0 Å². The minimum Gasteiger partial charge on any atom is -0.299 e. The van der Waals surface area contributed by atoms with Gasteiger partial charge in [-0.1, -0.05) is 12.1 Å². The van der Waals surface area contributed by atoms with E-state index in [0.717, 1.165) is 5.56 Å². The quantitative estimate of drug-likeness (QED) is 0.252. The summed E-state index contributed by atoms with van der Waals surface area (Å²) in [6.07, 6.45) is 3.15. The highest BCUT2D eigenvalue weighted by Crippen LogP contribution is 2.04. The van der Waals surface area contributed by atoms with Gasteiger partial charge in [-0.05, 0) is 45.4 Å². The van der Waals surface area contributed by atoms with E-state index in [2.05, 4.69) is 43.3 Å². The summed E-state index contributed by atoms with van der Waals surface area (Å²) in [5.74, 6) is 6.04. The van der Waals surface area contributed by atoms with Gasteiger partial charge in [-0.25, -0.2) is 0 Å². The number of halogens is 1. The minimum atomic E-state index is 0.516. The predicted molar refractivity (Wildman–Crippen MR) is 69.3 cm³/mol. The first-order valence-corrected chi connectivity index (χ1v) is 5.58. The van der Waals surface area contributed by atoms with Gasteiger partial charge in [-0.2, -0.15) is 5.43 Å². The van der Waals surface area contributed by atoms with Crippen LogP contribution in [0.4, 0.5) is 5.95 Å².